The highest BCUT2D eigenvalue weighted by Gasteiger charge is 2.35. The first kappa shape index (κ1) is 27.9. The molecule has 0 aliphatic carbocycles. The number of carbonyl (C=O) groups excluding carboxylic acids is 4. The van der Waals surface area contributed by atoms with Gasteiger partial charge >= 0.3 is 0 Å². The van der Waals surface area contributed by atoms with Gasteiger partial charge in [-0.05, 0) is 73.2 Å². The predicted octanol–water partition coefficient (Wildman–Crippen LogP) is 4.38. The Morgan fingerprint density at radius 1 is 0.947 bits per heavy atom. The average molecular weight is 645 g/mol. The van der Waals surface area contributed by atoms with Crippen molar-refractivity contribution in [2.45, 2.75) is 26.3 Å². The number of hydrogen-bond acceptors (Lipinski definition) is 5. The summed E-state index contributed by atoms with van der Waals surface area (Å²) in [5.74, 6) is -1.17. The lowest BCUT2D eigenvalue weighted by molar-refractivity contribution is -0.138. The molecule has 38 heavy (non-hydrogen) atoms. The number of ether oxygens (including phenoxy) is 1. The van der Waals surface area contributed by atoms with Gasteiger partial charge in [-0.2, -0.15) is 0 Å². The first-order chi connectivity index (χ1) is 18.3. The first-order valence-corrected chi connectivity index (χ1v) is 13.8. The Balaban J connectivity index is 1.25. The number of anilines is 1. The predicted molar refractivity (Wildman–Crippen MR) is 152 cm³/mol. The van der Waals surface area contributed by atoms with Gasteiger partial charge < -0.3 is 15.0 Å². The van der Waals surface area contributed by atoms with Crippen LogP contribution in [0.1, 0.15) is 36.5 Å². The van der Waals surface area contributed by atoms with Crippen LogP contribution in [0.3, 0.4) is 0 Å². The fourth-order valence-corrected chi connectivity index (χ4v) is 5.13. The minimum absolute atomic E-state index is 0.0809. The van der Waals surface area contributed by atoms with E-state index in [1.54, 1.807) is 4.90 Å². The number of imide groups is 1. The van der Waals surface area contributed by atoms with Crippen molar-refractivity contribution in [3.8, 4) is 0 Å². The first-order valence-electron chi connectivity index (χ1n) is 12.2. The molecular weight excluding hydrogens is 618 g/mol. The number of fused-ring (bicyclic) bond motifs is 2. The molecule has 0 bridgehead atoms. The maximum atomic E-state index is 13.3. The lowest BCUT2D eigenvalue weighted by Crippen LogP contribution is -2.35. The molecule has 2 aromatic carbocycles. The van der Waals surface area contributed by atoms with E-state index < -0.39 is 11.8 Å². The Labute approximate surface area is 238 Å². The number of nitrogens with zero attached hydrogens (tertiary/aromatic N) is 2. The number of nitrogens with one attached hydrogen (secondary N) is 1. The summed E-state index contributed by atoms with van der Waals surface area (Å²) in [5, 5.41) is 2.77. The Hall–Kier alpha value is -3.08. The highest BCUT2D eigenvalue weighted by molar-refractivity contribution is 9.14. The van der Waals surface area contributed by atoms with Crippen LogP contribution in [0.15, 0.2) is 57.5 Å². The Morgan fingerprint density at radius 2 is 1.63 bits per heavy atom. The molecule has 1 N–H and O–H groups in total. The van der Waals surface area contributed by atoms with E-state index in [0.717, 1.165) is 32.9 Å². The van der Waals surface area contributed by atoms with Gasteiger partial charge in [-0.1, -0.05) is 42.5 Å². The van der Waals surface area contributed by atoms with E-state index in [1.165, 1.54) is 0 Å². The van der Waals surface area contributed by atoms with Crippen LogP contribution >= 0.6 is 31.9 Å². The van der Waals surface area contributed by atoms with Gasteiger partial charge in [-0.3, -0.25) is 24.1 Å². The average Bonchev–Trinajstić information content (AvgIpc) is 3.09. The number of para-hydroxylation sites is 1. The Morgan fingerprint density at radius 3 is 2.39 bits per heavy atom. The molecule has 0 unspecified atom stereocenters. The second kappa shape index (κ2) is 12.6. The van der Waals surface area contributed by atoms with Crippen LogP contribution in [0, 0.1) is 0 Å². The summed E-state index contributed by atoms with van der Waals surface area (Å²) in [6.07, 6.45) is 2.35. The van der Waals surface area contributed by atoms with E-state index in [1.807, 2.05) is 42.5 Å². The molecule has 10 heteroatoms. The molecule has 2 aliphatic heterocycles. The van der Waals surface area contributed by atoms with Gasteiger partial charge in [-0.15, -0.1) is 0 Å². The van der Waals surface area contributed by atoms with Crippen molar-refractivity contribution in [2.24, 2.45) is 0 Å². The van der Waals surface area contributed by atoms with Crippen molar-refractivity contribution in [1.29, 1.82) is 0 Å². The molecule has 8 nitrogen and oxygen atoms in total. The number of hydrogen-bond donors (Lipinski definition) is 1. The minimum Gasteiger partial charge on any atom is -0.379 e. The van der Waals surface area contributed by atoms with Crippen molar-refractivity contribution >= 4 is 72.8 Å². The third-order valence-electron chi connectivity index (χ3n) is 6.32. The third kappa shape index (κ3) is 6.31. The zero-order valence-corrected chi connectivity index (χ0v) is 24.0. The van der Waals surface area contributed by atoms with Gasteiger partial charge in [-0.25, -0.2) is 0 Å². The smallest absolute Gasteiger partial charge is 0.269 e. The van der Waals surface area contributed by atoms with Crippen molar-refractivity contribution in [2.75, 3.05) is 31.2 Å². The molecule has 2 heterocycles. The van der Waals surface area contributed by atoms with Crippen molar-refractivity contribution < 1.29 is 23.9 Å². The number of benzene rings is 2. The van der Waals surface area contributed by atoms with E-state index in [4.69, 9.17) is 4.74 Å². The summed E-state index contributed by atoms with van der Waals surface area (Å²) >= 11 is 6.15. The number of halogens is 2. The van der Waals surface area contributed by atoms with E-state index in [2.05, 4.69) is 56.2 Å². The monoisotopic (exact) mass is 643 g/mol. The second-order valence-corrected chi connectivity index (χ2v) is 10.5. The topological polar surface area (TPSA) is 96.0 Å². The maximum Gasteiger partial charge on any atom is 0.269 e. The molecule has 0 aromatic heterocycles. The summed E-state index contributed by atoms with van der Waals surface area (Å²) in [7, 11) is 0. The van der Waals surface area contributed by atoms with Crippen LogP contribution in [-0.4, -0.2) is 54.8 Å². The lowest BCUT2D eigenvalue weighted by atomic mass is 9.95. The molecule has 198 valence electrons. The number of allylic oxidation sites excluding steroid dienone is 1. The molecule has 4 amide bonds. The molecule has 0 radical (unpaired) electrons. The minimum atomic E-state index is -0.426. The van der Waals surface area contributed by atoms with Crippen LogP contribution in [0.25, 0.3) is 11.6 Å². The van der Waals surface area contributed by atoms with Gasteiger partial charge in [0.25, 0.3) is 11.8 Å². The van der Waals surface area contributed by atoms with Gasteiger partial charge in [0.15, 0.2) is 0 Å². The largest absolute Gasteiger partial charge is 0.379 e. The zero-order valence-electron chi connectivity index (χ0n) is 20.8. The van der Waals surface area contributed by atoms with Crippen LogP contribution in [0.4, 0.5) is 5.69 Å². The van der Waals surface area contributed by atoms with Crippen molar-refractivity contribution in [3.63, 3.8) is 0 Å². The Bertz CT molecular complexity index is 1310. The third-order valence-corrected chi connectivity index (χ3v) is 8.33. The van der Waals surface area contributed by atoms with E-state index in [-0.39, 0.29) is 59.9 Å². The summed E-state index contributed by atoms with van der Waals surface area (Å²) in [5.41, 5.74) is 5.14. The number of carbonyl (C=O) groups is 4. The highest BCUT2D eigenvalue weighted by atomic mass is 79.9. The molecule has 2 aromatic rings. The van der Waals surface area contributed by atoms with E-state index in [0.29, 0.717) is 6.54 Å². The fourth-order valence-electron chi connectivity index (χ4n) is 4.36. The molecule has 0 saturated carbocycles. The van der Waals surface area contributed by atoms with E-state index >= 15 is 0 Å². The van der Waals surface area contributed by atoms with Crippen LogP contribution in [0.2, 0.25) is 0 Å². The van der Waals surface area contributed by atoms with Gasteiger partial charge in [0.05, 0.1) is 32.0 Å². The van der Waals surface area contributed by atoms with Gasteiger partial charge in [0, 0.05) is 19.4 Å². The van der Waals surface area contributed by atoms with Crippen LogP contribution in [0.5, 0.6) is 0 Å². The summed E-state index contributed by atoms with van der Waals surface area (Å²) in [4.78, 5) is 52.3. The highest BCUT2D eigenvalue weighted by Crippen LogP contribution is 2.32. The second-order valence-electron chi connectivity index (χ2n) is 8.88. The van der Waals surface area contributed by atoms with Crippen molar-refractivity contribution in [3.05, 3.63) is 74.2 Å². The summed E-state index contributed by atoms with van der Waals surface area (Å²) in [6, 6.07) is 15.9. The summed E-state index contributed by atoms with van der Waals surface area (Å²) in [6.45, 7) is 3.07. The molecule has 0 fully saturated rings. The Kier molecular flexibility index (Phi) is 9.30. The molecular formula is C28H27Br2N3O5. The molecule has 2 aliphatic rings. The molecule has 4 rings (SSSR count). The number of amides is 4. The molecule has 0 saturated heterocycles. The van der Waals surface area contributed by atoms with Crippen LogP contribution < -0.4 is 10.2 Å². The zero-order chi connectivity index (χ0) is 27.2. The standard InChI is InChI=1S/C28H27Br2N3O5/c1-18-16-19-6-3-5-9-22(19)33(17-20-7-2-4-8-21(18)20)24(35)10-12-31-23(34)11-14-38-15-13-32-27(36)25(29)26(30)28(32)37/h2-9,16H,10-15,17H2,1H3,(H,31,34). The van der Waals surface area contributed by atoms with Gasteiger partial charge in [0.1, 0.15) is 8.96 Å². The van der Waals surface area contributed by atoms with Gasteiger partial charge in [0.2, 0.25) is 11.8 Å². The SMILES string of the molecule is CC1=Cc2ccccc2N(C(=O)CCNC(=O)CCOCCN2C(=O)C(Br)=C(Br)C2=O)Cc2ccccc21. The summed E-state index contributed by atoms with van der Waals surface area (Å²) < 4.78 is 5.80. The normalized spacial score (nSPS) is 15.1. The molecule has 0 spiro atoms. The van der Waals surface area contributed by atoms with Crippen LogP contribution in [-0.2, 0) is 30.5 Å². The van der Waals surface area contributed by atoms with Crippen molar-refractivity contribution in [1.82, 2.24) is 10.2 Å². The number of rotatable bonds is 9. The molecule has 0 atom stereocenters. The lowest BCUT2D eigenvalue weighted by Gasteiger charge is -2.28. The van der Waals surface area contributed by atoms with E-state index in [9.17, 15) is 19.2 Å². The quantitative estimate of drug-likeness (QED) is 0.323. The fraction of sp³-hybridized carbons (Fsp3) is 0.286. The maximum absolute atomic E-state index is 13.3.